The Morgan fingerprint density at radius 3 is 2.36 bits per heavy atom. The van der Waals surface area contributed by atoms with Crippen LogP contribution in [0.4, 0.5) is 9.80 Å². The Labute approximate surface area is 197 Å². The molecule has 0 saturated carbocycles. The molecule has 1 aliphatic heterocycles. The van der Waals surface area contributed by atoms with E-state index in [1.165, 1.54) is 18.3 Å². The van der Waals surface area contributed by atoms with Crippen LogP contribution in [-0.4, -0.2) is 45.0 Å². The summed E-state index contributed by atoms with van der Waals surface area (Å²) in [4.78, 5) is 29.3. The molecule has 0 unspecified atom stereocenters. The summed E-state index contributed by atoms with van der Waals surface area (Å²) < 4.78 is 0. The highest BCUT2D eigenvalue weighted by atomic mass is 32.1. The molecule has 174 valence electrons. The Hall–Kier alpha value is -3.43. The van der Waals surface area contributed by atoms with E-state index in [-0.39, 0.29) is 17.7 Å². The minimum absolute atomic E-state index is 0.00568. The zero-order chi connectivity index (χ0) is 23.8. The van der Waals surface area contributed by atoms with Gasteiger partial charge in [-0.05, 0) is 37.5 Å². The van der Waals surface area contributed by atoms with Crippen LogP contribution in [0.25, 0.3) is 10.6 Å². The molecule has 0 aliphatic carbocycles. The number of rotatable bonds is 4. The van der Waals surface area contributed by atoms with Gasteiger partial charge in [0.25, 0.3) is 0 Å². The van der Waals surface area contributed by atoms with E-state index in [4.69, 9.17) is 10.9 Å². The molecule has 0 bridgehead atoms. The summed E-state index contributed by atoms with van der Waals surface area (Å²) in [7, 11) is 0. The van der Waals surface area contributed by atoms with Gasteiger partial charge >= 0.3 is 6.03 Å². The van der Waals surface area contributed by atoms with Gasteiger partial charge in [-0.15, -0.1) is 0 Å². The quantitative estimate of drug-likeness (QED) is 0.300. The Morgan fingerprint density at radius 1 is 1.12 bits per heavy atom. The van der Waals surface area contributed by atoms with Gasteiger partial charge < -0.3 is 10.0 Å². The smallest absolute Gasteiger partial charge is 0.322 e. The van der Waals surface area contributed by atoms with E-state index in [1.54, 1.807) is 24.3 Å². The molecular formula is C24H29N5O3S. The number of likely N-dealkylation sites (tertiary alicyclic amines) is 1. The lowest BCUT2D eigenvalue weighted by molar-refractivity contribution is -0.129. The number of anilines is 1. The zero-order valence-electron chi connectivity index (χ0n) is 18.8. The third-order valence-electron chi connectivity index (χ3n) is 5.12. The van der Waals surface area contributed by atoms with E-state index >= 15 is 0 Å². The van der Waals surface area contributed by atoms with Crippen molar-refractivity contribution in [2.45, 2.75) is 33.2 Å². The Bertz CT molecular complexity index is 1060. The Balaban J connectivity index is 0.000000205. The molecular weight excluding hydrogens is 438 g/mol. The van der Waals surface area contributed by atoms with Crippen LogP contribution in [0.5, 0.6) is 5.75 Å². The number of hydrazine groups is 1. The van der Waals surface area contributed by atoms with Crippen LogP contribution in [0, 0.1) is 6.92 Å². The van der Waals surface area contributed by atoms with Gasteiger partial charge in [0.05, 0.1) is 12.2 Å². The second-order valence-electron chi connectivity index (χ2n) is 7.74. The molecule has 0 spiro atoms. The first-order valence-corrected chi connectivity index (χ1v) is 11.5. The number of nitrogens with one attached hydrogen (secondary N) is 1. The molecule has 3 aromatic rings. The Kier molecular flexibility index (Phi) is 8.39. The molecule has 33 heavy (non-hydrogen) atoms. The molecule has 1 fully saturated rings. The monoisotopic (exact) mass is 467 g/mol. The molecule has 9 heteroatoms. The highest BCUT2D eigenvalue weighted by molar-refractivity contribution is 7.19. The number of carbonyl (C=O) groups excluding carboxylic acids is 2. The van der Waals surface area contributed by atoms with Crippen LogP contribution in [0.3, 0.4) is 0 Å². The fourth-order valence-corrected chi connectivity index (χ4v) is 4.18. The molecule has 1 aromatic heterocycles. The van der Waals surface area contributed by atoms with Gasteiger partial charge in [0, 0.05) is 25.6 Å². The predicted molar refractivity (Wildman–Crippen MR) is 131 cm³/mol. The molecule has 4 rings (SSSR count). The normalized spacial score (nSPS) is 12.6. The van der Waals surface area contributed by atoms with Crippen molar-refractivity contribution < 1.29 is 14.7 Å². The minimum atomic E-state index is -0.187. The highest BCUT2D eigenvalue weighted by Gasteiger charge is 2.20. The van der Waals surface area contributed by atoms with Gasteiger partial charge in [-0.3, -0.25) is 15.1 Å². The molecule has 1 saturated heterocycles. The number of urea groups is 1. The number of aromatic nitrogens is 1. The standard InChI is InChI=1S/C15H17N3OS.C9H12N2O2/c1-11-13(17-15(19)18-9-5-6-10-18)20-14(16-11)12-7-3-2-4-8-12;1-7(12)11(10)6-8-2-4-9(13)5-3-8/h2-4,7-8H,5-6,9-10H2,1H3,(H,17,19);2-5,13H,6,10H2,1H3. The summed E-state index contributed by atoms with van der Waals surface area (Å²) >= 11 is 1.53. The minimum Gasteiger partial charge on any atom is -0.508 e. The SMILES string of the molecule is CC(=O)N(N)Cc1ccc(O)cc1.Cc1nc(-c2ccccc2)sc1NC(=O)N1CCCC1. The van der Waals surface area contributed by atoms with Crippen molar-refractivity contribution in [2.24, 2.45) is 5.84 Å². The molecule has 0 radical (unpaired) electrons. The van der Waals surface area contributed by atoms with Crippen molar-refractivity contribution in [3.63, 3.8) is 0 Å². The summed E-state index contributed by atoms with van der Waals surface area (Å²) in [5.41, 5.74) is 2.85. The van der Waals surface area contributed by atoms with Gasteiger partial charge in [0.1, 0.15) is 15.8 Å². The summed E-state index contributed by atoms with van der Waals surface area (Å²) in [5, 5.41) is 14.9. The second kappa shape index (κ2) is 11.4. The number of carbonyl (C=O) groups is 2. The summed E-state index contributed by atoms with van der Waals surface area (Å²) in [6, 6.07) is 16.6. The van der Waals surface area contributed by atoms with Crippen molar-refractivity contribution in [2.75, 3.05) is 18.4 Å². The molecule has 8 nitrogen and oxygen atoms in total. The molecule has 4 N–H and O–H groups in total. The maximum Gasteiger partial charge on any atom is 0.322 e. The number of nitrogens with two attached hydrogens (primary N) is 1. The van der Waals surface area contributed by atoms with Gasteiger partial charge in [-0.1, -0.05) is 53.8 Å². The molecule has 0 atom stereocenters. The van der Waals surface area contributed by atoms with E-state index < -0.39 is 0 Å². The summed E-state index contributed by atoms with van der Waals surface area (Å²) in [6.45, 7) is 5.41. The number of thiazole rings is 1. The van der Waals surface area contributed by atoms with Crippen LogP contribution in [0.2, 0.25) is 0 Å². The summed E-state index contributed by atoms with van der Waals surface area (Å²) in [5.74, 6) is 5.42. The maximum atomic E-state index is 12.1. The van der Waals surface area contributed by atoms with E-state index in [1.807, 2.05) is 42.2 Å². The number of nitrogens with zero attached hydrogens (tertiary/aromatic N) is 3. The van der Waals surface area contributed by atoms with Crippen LogP contribution in [0.1, 0.15) is 31.0 Å². The molecule has 2 heterocycles. The first kappa shape index (κ1) is 24.2. The predicted octanol–water partition coefficient (Wildman–Crippen LogP) is 4.36. The third-order valence-corrected chi connectivity index (χ3v) is 6.25. The fraction of sp³-hybridized carbons (Fsp3) is 0.292. The maximum absolute atomic E-state index is 12.1. The van der Waals surface area contributed by atoms with Crippen LogP contribution < -0.4 is 11.2 Å². The number of amides is 3. The number of aromatic hydroxyl groups is 1. The van der Waals surface area contributed by atoms with Crippen molar-refractivity contribution in [1.82, 2.24) is 14.9 Å². The third kappa shape index (κ3) is 7.03. The average molecular weight is 468 g/mol. The zero-order valence-corrected chi connectivity index (χ0v) is 19.6. The fourth-order valence-electron chi connectivity index (χ4n) is 3.22. The van der Waals surface area contributed by atoms with Gasteiger partial charge in [-0.25, -0.2) is 15.6 Å². The first-order valence-electron chi connectivity index (χ1n) is 10.7. The van der Waals surface area contributed by atoms with Crippen molar-refractivity contribution in [1.29, 1.82) is 0 Å². The van der Waals surface area contributed by atoms with Crippen LogP contribution >= 0.6 is 11.3 Å². The molecule has 2 aromatic carbocycles. The van der Waals surface area contributed by atoms with E-state index in [0.29, 0.717) is 6.54 Å². The lowest BCUT2D eigenvalue weighted by atomic mass is 10.2. The van der Waals surface area contributed by atoms with Gasteiger partial charge in [0.15, 0.2) is 0 Å². The number of hydrogen-bond acceptors (Lipinski definition) is 6. The van der Waals surface area contributed by atoms with Crippen LogP contribution in [0.15, 0.2) is 54.6 Å². The number of phenols is 1. The van der Waals surface area contributed by atoms with E-state index in [0.717, 1.165) is 57.8 Å². The molecule has 1 aliphatic rings. The largest absolute Gasteiger partial charge is 0.508 e. The van der Waals surface area contributed by atoms with Crippen molar-refractivity contribution in [3.8, 4) is 16.3 Å². The number of hydrogen-bond donors (Lipinski definition) is 3. The highest BCUT2D eigenvalue weighted by Crippen LogP contribution is 2.31. The number of benzene rings is 2. The number of aryl methyl sites for hydroxylation is 1. The van der Waals surface area contributed by atoms with Gasteiger partial charge in [-0.2, -0.15) is 0 Å². The van der Waals surface area contributed by atoms with E-state index in [2.05, 4.69) is 10.3 Å². The van der Waals surface area contributed by atoms with Crippen molar-refractivity contribution in [3.05, 3.63) is 65.9 Å². The van der Waals surface area contributed by atoms with Crippen molar-refractivity contribution >= 4 is 28.3 Å². The second-order valence-corrected chi connectivity index (χ2v) is 8.74. The first-order chi connectivity index (χ1) is 15.8. The van der Waals surface area contributed by atoms with E-state index in [9.17, 15) is 9.59 Å². The Morgan fingerprint density at radius 2 is 1.76 bits per heavy atom. The number of phenolic OH excluding ortho intramolecular Hbond substituents is 1. The molecule has 3 amide bonds. The topological polar surface area (TPSA) is 112 Å². The lowest BCUT2D eigenvalue weighted by Crippen LogP contribution is -2.34. The summed E-state index contributed by atoms with van der Waals surface area (Å²) in [6.07, 6.45) is 2.20. The van der Waals surface area contributed by atoms with Crippen LogP contribution in [-0.2, 0) is 11.3 Å². The lowest BCUT2D eigenvalue weighted by Gasteiger charge is -2.15. The van der Waals surface area contributed by atoms with Gasteiger partial charge in [0.2, 0.25) is 5.91 Å². The average Bonchev–Trinajstić information content (AvgIpc) is 3.47.